The van der Waals surface area contributed by atoms with Crippen LogP contribution in [-0.4, -0.2) is 38.9 Å². The van der Waals surface area contributed by atoms with Gasteiger partial charge >= 0.3 is 0 Å². The predicted octanol–water partition coefficient (Wildman–Crippen LogP) is 0.491. The summed E-state index contributed by atoms with van der Waals surface area (Å²) in [6.45, 7) is 0.0909. The van der Waals surface area contributed by atoms with E-state index in [1.807, 2.05) is 0 Å². The molecule has 9 heteroatoms. The maximum atomic E-state index is 13.8. The van der Waals surface area contributed by atoms with Crippen molar-refractivity contribution in [1.82, 2.24) is 4.72 Å². The number of halogens is 2. The highest BCUT2D eigenvalue weighted by molar-refractivity contribution is 7.89. The molecule has 1 aromatic rings. The Morgan fingerprint density at radius 2 is 2.25 bits per heavy atom. The fourth-order valence-corrected chi connectivity index (χ4v) is 3.36. The summed E-state index contributed by atoms with van der Waals surface area (Å²) >= 11 is 5.67. The lowest BCUT2D eigenvalue weighted by molar-refractivity contribution is 0.0314. The van der Waals surface area contributed by atoms with E-state index in [9.17, 15) is 17.9 Å². The van der Waals surface area contributed by atoms with Crippen LogP contribution >= 0.6 is 11.6 Å². The molecule has 6 nitrogen and oxygen atoms in total. The highest BCUT2D eigenvalue weighted by Crippen LogP contribution is 2.25. The van der Waals surface area contributed by atoms with Gasteiger partial charge in [-0.2, -0.15) is 0 Å². The van der Waals surface area contributed by atoms with E-state index in [1.165, 1.54) is 0 Å². The second kappa shape index (κ2) is 5.45. The predicted molar refractivity (Wildman–Crippen MR) is 71.4 cm³/mol. The number of aliphatic hydroxyl groups is 1. The van der Waals surface area contributed by atoms with Crippen molar-refractivity contribution < 1.29 is 22.7 Å². The van der Waals surface area contributed by atoms with Crippen molar-refractivity contribution in [2.75, 3.05) is 25.5 Å². The molecule has 2 rings (SSSR count). The number of anilines is 1. The minimum Gasteiger partial charge on any atom is -0.396 e. The zero-order valence-corrected chi connectivity index (χ0v) is 12.0. The highest BCUT2D eigenvalue weighted by Gasteiger charge is 2.34. The summed E-state index contributed by atoms with van der Waals surface area (Å²) < 4.78 is 45.0. The number of benzene rings is 1. The van der Waals surface area contributed by atoms with Gasteiger partial charge in [0.15, 0.2) is 5.82 Å². The molecular formula is C11H14ClFN2O4S. The molecule has 1 fully saturated rings. The molecule has 0 amide bonds. The lowest BCUT2D eigenvalue weighted by atomic mass is 10.1. The zero-order valence-electron chi connectivity index (χ0n) is 10.4. The number of nitrogens with one attached hydrogen (secondary N) is 1. The minimum atomic E-state index is -4.17. The third kappa shape index (κ3) is 3.21. The molecule has 0 spiro atoms. The fraction of sp³-hybridized carbons (Fsp3) is 0.455. The average Bonchev–Trinajstić information content (AvgIpc) is 2.79. The standard InChI is InChI=1S/C11H14ClFN2O4S/c12-7-3-8(14)10(13)9(4-7)20(17,18)15-5-11(16)1-2-19-6-11/h3-4,15-16H,1-2,5-6,14H2. The number of rotatable bonds is 4. The van der Waals surface area contributed by atoms with Gasteiger partial charge in [-0.1, -0.05) is 11.6 Å². The molecule has 0 radical (unpaired) electrons. The molecule has 0 bridgehead atoms. The molecule has 20 heavy (non-hydrogen) atoms. The van der Waals surface area contributed by atoms with Crippen LogP contribution in [0.2, 0.25) is 5.02 Å². The van der Waals surface area contributed by atoms with Crippen LogP contribution in [0.4, 0.5) is 10.1 Å². The topological polar surface area (TPSA) is 102 Å². The number of sulfonamides is 1. The molecule has 112 valence electrons. The third-order valence-electron chi connectivity index (χ3n) is 3.00. The SMILES string of the molecule is Nc1cc(Cl)cc(S(=O)(=O)NCC2(O)CCOC2)c1F. The first-order valence-electron chi connectivity index (χ1n) is 5.78. The van der Waals surface area contributed by atoms with Gasteiger partial charge in [0.1, 0.15) is 10.5 Å². The second-order valence-corrected chi connectivity index (χ2v) is 6.83. The molecule has 0 aliphatic carbocycles. The smallest absolute Gasteiger partial charge is 0.243 e. The first-order chi connectivity index (χ1) is 9.23. The number of nitrogen functional groups attached to an aromatic ring is 1. The molecule has 1 saturated heterocycles. The molecule has 1 aliphatic heterocycles. The normalized spacial score (nSPS) is 23.1. The van der Waals surface area contributed by atoms with Crippen molar-refractivity contribution >= 4 is 27.3 Å². The van der Waals surface area contributed by atoms with E-state index in [-0.39, 0.29) is 23.9 Å². The monoisotopic (exact) mass is 324 g/mol. The Labute approximate surface area is 120 Å². The quantitative estimate of drug-likeness (QED) is 0.700. The van der Waals surface area contributed by atoms with Crippen LogP contribution in [0, 0.1) is 5.82 Å². The number of ether oxygens (including phenoxy) is 1. The molecule has 1 atom stereocenters. The summed E-state index contributed by atoms with van der Waals surface area (Å²) in [6.07, 6.45) is 0.301. The van der Waals surface area contributed by atoms with E-state index < -0.39 is 26.3 Å². The summed E-state index contributed by atoms with van der Waals surface area (Å²) in [5, 5.41) is 9.99. The van der Waals surface area contributed by atoms with E-state index >= 15 is 0 Å². The first kappa shape index (κ1) is 15.5. The lowest BCUT2D eigenvalue weighted by Gasteiger charge is -2.20. The maximum Gasteiger partial charge on any atom is 0.243 e. The summed E-state index contributed by atoms with van der Waals surface area (Å²) in [6, 6.07) is 2.08. The number of hydrogen-bond donors (Lipinski definition) is 3. The van der Waals surface area contributed by atoms with E-state index in [1.54, 1.807) is 0 Å². The van der Waals surface area contributed by atoms with Crippen LogP contribution in [0.3, 0.4) is 0 Å². The van der Waals surface area contributed by atoms with Crippen LogP contribution in [-0.2, 0) is 14.8 Å². The van der Waals surface area contributed by atoms with Crippen molar-refractivity contribution in [2.45, 2.75) is 16.9 Å². The van der Waals surface area contributed by atoms with Gasteiger partial charge in [0.2, 0.25) is 10.0 Å². The van der Waals surface area contributed by atoms with Gasteiger partial charge in [-0.15, -0.1) is 0 Å². The second-order valence-electron chi connectivity index (χ2n) is 4.66. The summed E-state index contributed by atoms with van der Waals surface area (Å²) in [5.41, 5.74) is 3.70. The van der Waals surface area contributed by atoms with Gasteiger partial charge in [0, 0.05) is 24.6 Å². The number of hydrogen-bond acceptors (Lipinski definition) is 5. The molecule has 1 heterocycles. The third-order valence-corrected chi connectivity index (χ3v) is 4.61. The van der Waals surface area contributed by atoms with E-state index in [0.717, 1.165) is 12.1 Å². The molecule has 1 unspecified atom stereocenters. The van der Waals surface area contributed by atoms with Crippen LogP contribution in [0.5, 0.6) is 0 Å². The Kier molecular flexibility index (Phi) is 4.22. The Bertz CT molecular complexity index is 617. The van der Waals surface area contributed by atoms with E-state index in [0.29, 0.717) is 13.0 Å². The molecule has 0 aromatic heterocycles. The summed E-state index contributed by atoms with van der Waals surface area (Å²) in [5.74, 6) is -1.07. The molecule has 1 aromatic carbocycles. The summed E-state index contributed by atoms with van der Waals surface area (Å²) in [7, 11) is -4.17. The van der Waals surface area contributed by atoms with Crippen LogP contribution in [0.25, 0.3) is 0 Å². The fourth-order valence-electron chi connectivity index (χ4n) is 1.82. The van der Waals surface area contributed by atoms with Gasteiger partial charge in [0.25, 0.3) is 0 Å². The van der Waals surface area contributed by atoms with E-state index in [2.05, 4.69) is 4.72 Å². The van der Waals surface area contributed by atoms with Gasteiger partial charge < -0.3 is 15.6 Å². The van der Waals surface area contributed by atoms with Crippen molar-refractivity contribution in [3.05, 3.63) is 23.0 Å². The van der Waals surface area contributed by atoms with Gasteiger partial charge in [-0.25, -0.2) is 17.5 Å². The van der Waals surface area contributed by atoms with Crippen molar-refractivity contribution in [2.24, 2.45) is 0 Å². The lowest BCUT2D eigenvalue weighted by Crippen LogP contribution is -2.43. The Morgan fingerprint density at radius 1 is 1.55 bits per heavy atom. The van der Waals surface area contributed by atoms with Gasteiger partial charge in [-0.05, 0) is 12.1 Å². The highest BCUT2D eigenvalue weighted by atomic mass is 35.5. The van der Waals surface area contributed by atoms with Crippen molar-refractivity contribution in [3.8, 4) is 0 Å². The van der Waals surface area contributed by atoms with Gasteiger partial charge in [0.05, 0.1) is 12.3 Å². The molecular weight excluding hydrogens is 311 g/mol. The Balaban J connectivity index is 2.22. The molecule has 4 N–H and O–H groups in total. The van der Waals surface area contributed by atoms with Gasteiger partial charge in [-0.3, -0.25) is 0 Å². The Morgan fingerprint density at radius 3 is 2.85 bits per heavy atom. The van der Waals surface area contributed by atoms with Crippen LogP contribution in [0.15, 0.2) is 17.0 Å². The average molecular weight is 325 g/mol. The van der Waals surface area contributed by atoms with Crippen LogP contribution in [0.1, 0.15) is 6.42 Å². The van der Waals surface area contributed by atoms with Crippen molar-refractivity contribution in [3.63, 3.8) is 0 Å². The molecule has 1 aliphatic rings. The molecule has 0 saturated carbocycles. The maximum absolute atomic E-state index is 13.8. The number of nitrogens with two attached hydrogens (primary N) is 1. The first-order valence-corrected chi connectivity index (χ1v) is 7.64. The largest absolute Gasteiger partial charge is 0.396 e. The Hall–Kier alpha value is -0.930. The zero-order chi connectivity index (χ0) is 15.0. The van der Waals surface area contributed by atoms with Crippen molar-refractivity contribution in [1.29, 1.82) is 0 Å². The van der Waals surface area contributed by atoms with E-state index in [4.69, 9.17) is 22.1 Å². The minimum absolute atomic E-state index is 0.00665. The summed E-state index contributed by atoms with van der Waals surface area (Å²) in [4.78, 5) is -0.648. The van der Waals surface area contributed by atoms with Crippen LogP contribution < -0.4 is 10.5 Å².